The zero-order valence-electron chi connectivity index (χ0n) is 14.3. The van der Waals surface area contributed by atoms with Crippen molar-refractivity contribution < 1.29 is 19.4 Å². The van der Waals surface area contributed by atoms with Crippen LogP contribution < -0.4 is 5.32 Å². The molecular formula is C18H26N2O4. The van der Waals surface area contributed by atoms with E-state index in [-0.39, 0.29) is 17.7 Å². The number of carbonyl (C=O) groups excluding carboxylic acids is 1. The van der Waals surface area contributed by atoms with E-state index in [9.17, 15) is 9.59 Å². The van der Waals surface area contributed by atoms with Gasteiger partial charge in [-0.1, -0.05) is 26.0 Å². The fourth-order valence-electron chi connectivity index (χ4n) is 2.57. The highest BCUT2D eigenvalue weighted by atomic mass is 16.5. The Balaban J connectivity index is 1.72. The number of benzene rings is 1. The van der Waals surface area contributed by atoms with Gasteiger partial charge >= 0.3 is 12.0 Å². The molecule has 0 aromatic heterocycles. The molecule has 1 aliphatic heterocycles. The summed E-state index contributed by atoms with van der Waals surface area (Å²) in [5, 5.41) is 11.7. The summed E-state index contributed by atoms with van der Waals surface area (Å²) in [6, 6.07) is 6.40. The summed E-state index contributed by atoms with van der Waals surface area (Å²) in [6.45, 7) is 6.79. The molecule has 2 amide bonds. The number of nitrogens with one attached hydrogen (secondary N) is 1. The van der Waals surface area contributed by atoms with Crippen molar-refractivity contribution >= 4 is 12.0 Å². The molecular weight excluding hydrogens is 308 g/mol. The zero-order chi connectivity index (χ0) is 17.5. The van der Waals surface area contributed by atoms with Crippen molar-refractivity contribution in [2.24, 2.45) is 5.92 Å². The fraction of sp³-hybridized carbons (Fsp3) is 0.556. The summed E-state index contributed by atoms with van der Waals surface area (Å²) in [7, 11) is 0. The average molecular weight is 334 g/mol. The third kappa shape index (κ3) is 5.53. The highest BCUT2D eigenvalue weighted by Crippen LogP contribution is 2.14. The minimum Gasteiger partial charge on any atom is -0.478 e. The molecule has 1 heterocycles. The van der Waals surface area contributed by atoms with Gasteiger partial charge in [-0.25, -0.2) is 9.59 Å². The van der Waals surface area contributed by atoms with Crippen LogP contribution in [-0.4, -0.2) is 47.8 Å². The van der Waals surface area contributed by atoms with E-state index >= 15 is 0 Å². The third-order valence-corrected chi connectivity index (χ3v) is 4.13. The molecule has 6 heteroatoms. The molecule has 0 aliphatic carbocycles. The lowest BCUT2D eigenvalue weighted by Gasteiger charge is -2.18. The second-order valence-corrected chi connectivity index (χ2v) is 6.57. The van der Waals surface area contributed by atoms with E-state index in [0.717, 1.165) is 25.0 Å². The lowest BCUT2D eigenvalue weighted by atomic mass is 10.1. The Morgan fingerprint density at radius 2 is 2.04 bits per heavy atom. The van der Waals surface area contributed by atoms with E-state index in [0.29, 0.717) is 25.6 Å². The van der Waals surface area contributed by atoms with Crippen molar-refractivity contribution in [2.45, 2.75) is 39.3 Å². The van der Waals surface area contributed by atoms with Gasteiger partial charge in [0.05, 0.1) is 11.7 Å². The summed E-state index contributed by atoms with van der Waals surface area (Å²) in [5.41, 5.74) is 1.11. The minimum absolute atomic E-state index is 0.104. The van der Waals surface area contributed by atoms with Gasteiger partial charge in [0, 0.05) is 26.2 Å². The number of aromatic carboxylic acids is 1. The Morgan fingerprint density at radius 3 is 2.67 bits per heavy atom. The van der Waals surface area contributed by atoms with Gasteiger partial charge in [0.2, 0.25) is 0 Å². The van der Waals surface area contributed by atoms with E-state index in [1.807, 2.05) is 0 Å². The van der Waals surface area contributed by atoms with Crippen molar-refractivity contribution in [1.82, 2.24) is 10.2 Å². The Kier molecular flexibility index (Phi) is 6.61. The van der Waals surface area contributed by atoms with Crippen LogP contribution in [0.1, 0.15) is 42.6 Å². The van der Waals surface area contributed by atoms with Crippen LogP contribution in [0.4, 0.5) is 4.79 Å². The van der Waals surface area contributed by atoms with Crippen LogP contribution >= 0.6 is 0 Å². The smallest absolute Gasteiger partial charge is 0.335 e. The number of carboxylic acid groups (broad SMARTS) is 1. The summed E-state index contributed by atoms with van der Waals surface area (Å²) >= 11 is 0. The molecule has 0 saturated carbocycles. The van der Waals surface area contributed by atoms with Gasteiger partial charge in [0.15, 0.2) is 0 Å². The van der Waals surface area contributed by atoms with Crippen LogP contribution in [0.3, 0.4) is 0 Å². The van der Waals surface area contributed by atoms with E-state index < -0.39 is 5.97 Å². The highest BCUT2D eigenvalue weighted by molar-refractivity contribution is 5.87. The first-order chi connectivity index (χ1) is 11.5. The number of hydrogen-bond donors (Lipinski definition) is 2. The number of rotatable bonds is 7. The average Bonchev–Trinajstić information content (AvgIpc) is 3.01. The van der Waals surface area contributed by atoms with Gasteiger partial charge < -0.3 is 20.1 Å². The van der Waals surface area contributed by atoms with Gasteiger partial charge in [0.25, 0.3) is 0 Å². The quantitative estimate of drug-likeness (QED) is 0.803. The molecule has 1 aromatic carbocycles. The number of hydrogen-bond acceptors (Lipinski definition) is 3. The lowest BCUT2D eigenvalue weighted by Crippen LogP contribution is -2.38. The molecule has 6 nitrogen and oxygen atoms in total. The van der Waals surface area contributed by atoms with Crippen LogP contribution in [-0.2, 0) is 11.3 Å². The maximum atomic E-state index is 12.2. The van der Waals surface area contributed by atoms with E-state index in [4.69, 9.17) is 9.84 Å². The fourth-order valence-corrected chi connectivity index (χ4v) is 2.57. The van der Waals surface area contributed by atoms with Gasteiger partial charge in [-0.15, -0.1) is 0 Å². The van der Waals surface area contributed by atoms with Crippen molar-refractivity contribution in [1.29, 1.82) is 0 Å². The summed E-state index contributed by atoms with van der Waals surface area (Å²) < 4.78 is 5.82. The largest absolute Gasteiger partial charge is 0.478 e. The van der Waals surface area contributed by atoms with E-state index in [1.165, 1.54) is 12.1 Å². The molecule has 0 bridgehead atoms. The second kappa shape index (κ2) is 8.68. The third-order valence-electron chi connectivity index (χ3n) is 4.13. The van der Waals surface area contributed by atoms with Gasteiger partial charge in [0.1, 0.15) is 0 Å². The van der Waals surface area contributed by atoms with E-state index in [2.05, 4.69) is 19.2 Å². The first-order valence-electron chi connectivity index (χ1n) is 8.42. The molecule has 1 atom stereocenters. The van der Waals surface area contributed by atoms with Gasteiger partial charge in [-0.3, -0.25) is 0 Å². The standard InChI is InChI=1S/C18H26N2O4/c1-13(2)8-10-24-16-7-9-20(12-16)18(23)19-11-14-3-5-15(6-4-14)17(21)22/h3-6,13,16H,7-12H2,1-2H3,(H,19,23)(H,21,22). The highest BCUT2D eigenvalue weighted by Gasteiger charge is 2.26. The maximum Gasteiger partial charge on any atom is 0.335 e. The zero-order valence-corrected chi connectivity index (χ0v) is 14.3. The topological polar surface area (TPSA) is 78.9 Å². The summed E-state index contributed by atoms with van der Waals surface area (Å²) in [5.74, 6) is -0.329. The summed E-state index contributed by atoms with van der Waals surface area (Å²) in [6.07, 6.45) is 2.04. The van der Waals surface area contributed by atoms with Crippen molar-refractivity contribution in [3.05, 3.63) is 35.4 Å². The van der Waals surface area contributed by atoms with Crippen LogP contribution in [0.15, 0.2) is 24.3 Å². The van der Waals surface area contributed by atoms with Gasteiger partial charge in [-0.2, -0.15) is 0 Å². The number of ether oxygens (including phenoxy) is 1. The lowest BCUT2D eigenvalue weighted by molar-refractivity contribution is 0.0542. The summed E-state index contributed by atoms with van der Waals surface area (Å²) in [4.78, 5) is 24.8. The normalized spacial score (nSPS) is 17.3. The first kappa shape index (κ1) is 18.3. The van der Waals surface area contributed by atoms with Crippen LogP contribution in [0.5, 0.6) is 0 Å². The maximum absolute atomic E-state index is 12.2. The molecule has 132 valence electrons. The predicted molar refractivity (Wildman–Crippen MR) is 91.0 cm³/mol. The monoisotopic (exact) mass is 334 g/mol. The molecule has 24 heavy (non-hydrogen) atoms. The SMILES string of the molecule is CC(C)CCOC1CCN(C(=O)NCc2ccc(C(=O)O)cc2)C1. The number of urea groups is 1. The van der Waals surface area contributed by atoms with Crippen LogP contribution in [0.2, 0.25) is 0 Å². The van der Waals surface area contributed by atoms with Crippen molar-refractivity contribution in [3.8, 4) is 0 Å². The Morgan fingerprint density at radius 1 is 1.33 bits per heavy atom. The minimum atomic E-state index is -0.953. The molecule has 1 unspecified atom stereocenters. The predicted octanol–water partition coefficient (Wildman–Crippen LogP) is 2.73. The van der Waals surface area contributed by atoms with E-state index in [1.54, 1.807) is 17.0 Å². The van der Waals surface area contributed by atoms with Gasteiger partial charge in [-0.05, 0) is 36.5 Å². The van der Waals surface area contributed by atoms with Crippen molar-refractivity contribution in [2.75, 3.05) is 19.7 Å². The number of carboxylic acids is 1. The first-order valence-corrected chi connectivity index (χ1v) is 8.42. The second-order valence-electron chi connectivity index (χ2n) is 6.57. The molecule has 1 aromatic rings. The Labute approximate surface area is 142 Å². The molecule has 0 radical (unpaired) electrons. The number of likely N-dealkylation sites (tertiary alicyclic amines) is 1. The molecule has 2 rings (SSSR count). The number of nitrogens with zero attached hydrogens (tertiary/aromatic N) is 1. The number of carbonyl (C=O) groups is 2. The molecule has 2 N–H and O–H groups in total. The molecule has 1 fully saturated rings. The molecule has 1 aliphatic rings. The van der Waals surface area contributed by atoms with Crippen LogP contribution in [0, 0.1) is 5.92 Å². The number of amides is 2. The Hall–Kier alpha value is -2.08. The molecule has 1 saturated heterocycles. The van der Waals surface area contributed by atoms with Crippen LogP contribution in [0.25, 0.3) is 0 Å². The molecule has 0 spiro atoms. The van der Waals surface area contributed by atoms with Crippen molar-refractivity contribution in [3.63, 3.8) is 0 Å². The Bertz CT molecular complexity index is 557.